The van der Waals surface area contributed by atoms with Gasteiger partial charge in [-0.05, 0) is 17.7 Å². The molecule has 0 unspecified atom stereocenters. The minimum atomic E-state index is -0.468. The van der Waals surface area contributed by atoms with E-state index in [0.717, 1.165) is 11.3 Å². The van der Waals surface area contributed by atoms with Gasteiger partial charge in [0.1, 0.15) is 13.3 Å². The molecule has 0 amide bonds. The molecule has 1 heterocycles. The van der Waals surface area contributed by atoms with Gasteiger partial charge < -0.3 is 9.47 Å². The number of benzene rings is 1. The molecular weight excluding hydrogens is 264 g/mol. The number of hydrogen-bond acceptors (Lipinski definition) is 3. The monoisotopic (exact) mass is 279 g/mol. The van der Waals surface area contributed by atoms with Crippen molar-refractivity contribution >= 4 is 12.4 Å². The van der Waals surface area contributed by atoms with E-state index in [4.69, 9.17) is 9.47 Å². The van der Waals surface area contributed by atoms with Crippen LogP contribution in [0, 0.1) is 0 Å². The molecule has 0 aromatic heterocycles. The molecule has 3 nitrogen and oxygen atoms in total. The van der Waals surface area contributed by atoms with Crippen LogP contribution in [0.4, 0.5) is 8.78 Å². The third-order valence-corrected chi connectivity index (χ3v) is 2.64. The van der Waals surface area contributed by atoms with Gasteiger partial charge in [0.15, 0.2) is 11.5 Å². The summed E-state index contributed by atoms with van der Waals surface area (Å²) in [7, 11) is 0. The molecule has 102 valence electrons. The summed E-state index contributed by atoms with van der Waals surface area (Å²) in [5.41, 5.74) is 0.969. The Labute approximate surface area is 111 Å². The van der Waals surface area contributed by atoms with Crippen LogP contribution in [0.15, 0.2) is 18.2 Å². The second-order valence-electron chi connectivity index (χ2n) is 3.84. The molecule has 18 heavy (non-hydrogen) atoms. The smallest absolute Gasteiger partial charge is 0.231 e. The predicted octanol–water partition coefficient (Wildman–Crippen LogP) is 2.58. The van der Waals surface area contributed by atoms with Gasteiger partial charge in [0.25, 0.3) is 0 Å². The highest BCUT2D eigenvalue weighted by Crippen LogP contribution is 2.32. The summed E-state index contributed by atoms with van der Waals surface area (Å²) in [5, 5.41) is 0. The number of fused-ring (bicyclic) bond motifs is 1. The maximum Gasteiger partial charge on any atom is 0.231 e. The van der Waals surface area contributed by atoms with Gasteiger partial charge in [-0.2, -0.15) is 0 Å². The Morgan fingerprint density at radius 3 is 2.39 bits per heavy atom. The molecule has 0 atom stereocenters. The molecule has 6 heteroatoms. The zero-order chi connectivity index (χ0) is 12.1. The number of alkyl halides is 2. The van der Waals surface area contributed by atoms with Gasteiger partial charge in [0.2, 0.25) is 6.79 Å². The minimum Gasteiger partial charge on any atom is -0.454 e. The third kappa shape index (κ3) is 3.71. The van der Waals surface area contributed by atoms with Crippen LogP contribution in [0.3, 0.4) is 0 Å². The Bertz CT molecular complexity index is 373. The molecule has 0 radical (unpaired) electrons. The maximum absolute atomic E-state index is 12.3. The van der Waals surface area contributed by atoms with Crippen molar-refractivity contribution in [1.29, 1.82) is 0 Å². The Hall–Kier alpha value is -1.07. The van der Waals surface area contributed by atoms with Gasteiger partial charge >= 0.3 is 0 Å². The van der Waals surface area contributed by atoms with E-state index >= 15 is 0 Å². The fourth-order valence-corrected chi connectivity index (χ4v) is 1.81. The minimum absolute atomic E-state index is 0. The molecule has 0 fully saturated rings. The van der Waals surface area contributed by atoms with Gasteiger partial charge in [-0.1, -0.05) is 6.07 Å². The highest BCUT2D eigenvalue weighted by Gasteiger charge is 2.14. The van der Waals surface area contributed by atoms with Crippen molar-refractivity contribution in [3.63, 3.8) is 0 Å². The fraction of sp³-hybridized carbons (Fsp3) is 0.500. The van der Waals surface area contributed by atoms with E-state index in [0.29, 0.717) is 12.3 Å². The third-order valence-electron chi connectivity index (χ3n) is 2.64. The normalized spacial score (nSPS) is 12.6. The molecule has 0 N–H and O–H groups in total. The van der Waals surface area contributed by atoms with Crippen molar-refractivity contribution in [2.24, 2.45) is 0 Å². The van der Waals surface area contributed by atoms with Crippen molar-refractivity contribution in [3.05, 3.63) is 23.8 Å². The molecule has 1 aliphatic rings. The number of hydrogen-bond donors (Lipinski definition) is 0. The van der Waals surface area contributed by atoms with E-state index in [1.807, 2.05) is 18.2 Å². The zero-order valence-electron chi connectivity index (χ0n) is 9.90. The van der Waals surface area contributed by atoms with Crippen LogP contribution in [0.25, 0.3) is 0 Å². The van der Waals surface area contributed by atoms with E-state index < -0.39 is 13.3 Å². The van der Waals surface area contributed by atoms with Crippen LogP contribution in [-0.4, -0.2) is 38.1 Å². The maximum atomic E-state index is 12.3. The van der Waals surface area contributed by atoms with E-state index in [2.05, 4.69) is 0 Å². The highest BCUT2D eigenvalue weighted by atomic mass is 35.5. The summed E-state index contributed by atoms with van der Waals surface area (Å²) in [4.78, 5) is 1.73. The van der Waals surface area contributed by atoms with Crippen molar-refractivity contribution in [3.8, 4) is 11.5 Å². The SMILES string of the molecule is Cl.FCCN(CCF)Cc1ccc2c(c1)OCO2. The first-order valence-electron chi connectivity index (χ1n) is 5.56. The number of rotatable bonds is 6. The Morgan fingerprint density at radius 1 is 1.06 bits per heavy atom. The average molecular weight is 280 g/mol. The van der Waals surface area contributed by atoms with E-state index in [9.17, 15) is 8.78 Å². The van der Waals surface area contributed by atoms with Gasteiger partial charge in [0.05, 0.1) is 0 Å². The molecule has 1 aromatic carbocycles. The lowest BCUT2D eigenvalue weighted by Gasteiger charge is -2.19. The molecule has 0 aliphatic carbocycles. The average Bonchev–Trinajstić information content (AvgIpc) is 2.77. The first kappa shape index (κ1) is 15.0. The highest BCUT2D eigenvalue weighted by molar-refractivity contribution is 5.85. The van der Waals surface area contributed by atoms with Crippen LogP contribution in [0.1, 0.15) is 5.56 Å². The molecule has 0 saturated carbocycles. The van der Waals surface area contributed by atoms with Crippen molar-refractivity contribution in [2.45, 2.75) is 6.54 Å². The summed E-state index contributed by atoms with van der Waals surface area (Å²) in [6.45, 7) is 0.313. The zero-order valence-corrected chi connectivity index (χ0v) is 10.7. The standard InChI is InChI=1S/C12H15F2NO2.ClH/c13-3-5-15(6-4-14)8-10-1-2-11-12(7-10)17-9-16-11;/h1-2,7H,3-6,8-9H2;1H. The van der Waals surface area contributed by atoms with Crippen LogP contribution in [0.2, 0.25) is 0 Å². The molecule has 1 aromatic rings. The molecule has 1 aliphatic heterocycles. The first-order chi connectivity index (χ1) is 8.33. The lowest BCUT2D eigenvalue weighted by molar-refractivity contribution is 0.174. The Kier molecular flexibility index (Phi) is 6.15. The molecular formula is C12H16ClF2NO2. The Morgan fingerprint density at radius 2 is 1.72 bits per heavy atom. The Balaban J connectivity index is 0.00000162. The van der Waals surface area contributed by atoms with E-state index in [1.54, 1.807) is 4.90 Å². The van der Waals surface area contributed by atoms with Crippen molar-refractivity contribution < 1.29 is 18.3 Å². The molecule has 2 rings (SSSR count). The number of nitrogens with zero attached hydrogens (tertiary/aromatic N) is 1. The topological polar surface area (TPSA) is 21.7 Å². The van der Waals surface area contributed by atoms with Crippen LogP contribution in [0.5, 0.6) is 11.5 Å². The number of halogens is 3. The largest absolute Gasteiger partial charge is 0.454 e. The van der Waals surface area contributed by atoms with Gasteiger partial charge in [-0.3, -0.25) is 4.90 Å². The van der Waals surface area contributed by atoms with Crippen LogP contribution < -0.4 is 9.47 Å². The van der Waals surface area contributed by atoms with E-state index in [1.165, 1.54) is 0 Å². The van der Waals surface area contributed by atoms with E-state index in [-0.39, 0.29) is 32.3 Å². The van der Waals surface area contributed by atoms with Gasteiger partial charge in [0, 0.05) is 19.6 Å². The van der Waals surface area contributed by atoms with Crippen LogP contribution in [-0.2, 0) is 6.54 Å². The summed E-state index contributed by atoms with van der Waals surface area (Å²) in [6.07, 6.45) is 0. The summed E-state index contributed by atoms with van der Waals surface area (Å²) >= 11 is 0. The second-order valence-corrected chi connectivity index (χ2v) is 3.84. The first-order valence-corrected chi connectivity index (χ1v) is 5.56. The molecule has 0 saturated heterocycles. The van der Waals surface area contributed by atoms with Crippen molar-refractivity contribution in [2.75, 3.05) is 33.2 Å². The fourth-order valence-electron chi connectivity index (χ4n) is 1.81. The van der Waals surface area contributed by atoms with Gasteiger partial charge in [-0.25, -0.2) is 8.78 Å². The summed E-state index contributed by atoms with van der Waals surface area (Å²) in [5.74, 6) is 1.42. The quantitative estimate of drug-likeness (QED) is 0.799. The molecule has 0 spiro atoms. The summed E-state index contributed by atoms with van der Waals surface area (Å²) < 4.78 is 35.0. The van der Waals surface area contributed by atoms with Gasteiger partial charge in [-0.15, -0.1) is 12.4 Å². The lowest BCUT2D eigenvalue weighted by atomic mass is 10.2. The van der Waals surface area contributed by atoms with Crippen molar-refractivity contribution in [1.82, 2.24) is 4.90 Å². The summed E-state index contributed by atoms with van der Waals surface area (Å²) in [6, 6.07) is 5.56. The van der Waals surface area contributed by atoms with Crippen LogP contribution >= 0.6 is 12.4 Å². The lowest BCUT2D eigenvalue weighted by Crippen LogP contribution is -2.27. The number of ether oxygens (including phenoxy) is 2. The second kappa shape index (κ2) is 7.38. The predicted molar refractivity (Wildman–Crippen MR) is 67.0 cm³/mol. The molecule has 0 bridgehead atoms.